The fourth-order valence-electron chi connectivity index (χ4n) is 2.50. The number of hydrogen-bond donors (Lipinski definition) is 3. The molecular formula is C16H15FN6O2. The van der Waals surface area contributed by atoms with Crippen LogP contribution in [0.25, 0.3) is 22.2 Å². The normalized spacial score (nSPS) is 10.7. The number of nitrogens with two attached hydrogens (primary N) is 1. The summed E-state index contributed by atoms with van der Waals surface area (Å²) in [6.07, 6.45) is 1.59. The van der Waals surface area contributed by atoms with Crippen molar-refractivity contribution in [3.8, 4) is 11.1 Å². The van der Waals surface area contributed by atoms with E-state index < -0.39 is 11.8 Å². The number of carbonyl (C=O) groups excluding carboxylic acids is 1. The number of nitrogens with zero attached hydrogens (tertiary/aromatic N) is 3. The molecule has 0 fully saturated rings. The van der Waals surface area contributed by atoms with Crippen LogP contribution in [-0.2, 0) is 7.05 Å². The van der Waals surface area contributed by atoms with Crippen molar-refractivity contribution in [1.82, 2.24) is 14.5 Å². The van der Waals surface area contributed by atoms with E-state index in [1.54, 1.807) is 26.4 Å². The average molecular weight is 342 g/mol. The maximum Gasteiger partial charge on any atom is 0.316 e. The number of anilines is 2. The van der Waals surface area contributed by atoms with Crippen molar-refractivity contribution >= 4 is 28.7 Å². The highest BCUT2D eigenvalue weighted by Gasteiger charge is 2.13. The summed E-state index contributed by atoms with van der Waals surface area (Å²) >= 11 is 0. The molecule has 0 saturated heterocycles. The van der Waals surface area contributed by atoms with Gasteiger partial charge in [-0.15, -0.1) is 0 Å². The summed E-state index contributed by atoms with van der Waals surface area (Å²) in [4.78, 5) is 32.1. The van der Waals surface area contributed by atoms with E-state index in [1.807, 2.05) is 0 Å². The second-order valence-electron chi connectivity index (χ2n) is 5.33. The molecular weight excluding hydrogens is 327 g/mol. The second kappa shape index (κ2) is 6.19. The number of hydrogen-bond acceptors (Lipinski definition) is 5. The molecule has 2 heterocycles. The molecule has 2 amide bonds. The Hall–Kier alpha value is -3.49. The van der Waals surface area contributed by atoms with Crippen LogP contribution in [-0.4, -0.2) is 27.6 Å². The van der Waals surface area contributed by atoms with E-state index in [4.69, 9.17) is 5.73 Å². The summed E-state index contributed by atoms with van der Waals surface area (Å²) in [5.74, 6) is -0.257. The Kier molecular flexibility index (Phi) is 4.05. The Balaban J connectivity index is 2.21. The number of primary amides is 1. The van der Waals surface area contributed by atoms with Crippen LogP contribution < -0.4 is 21.9 Å². The van der Waals surface area contributed by atoms with Gasteiger partial charge >= 0.3 is 6.03 Å². The number of pyridine rings is 1. The maximum atomic E-state index is 13.8. The molecule has 0 saturated carbocycles. The standard InChI is InChI=1S/C16H15FN6O2/c1-19-16-20-7-9-5-10(14(24)23(2)13(9)22-16)8-3-4-11(17)12(6-8)21-15(18)25/h3-7H,1-2H3,(H3,18,21,25)(H,19,20,22). The van der Waals surface area contributed by atoms with Crippen LogP contribution in [0, 0.1) is 5.82 Å². The third kappa shape index (κ3) is 2.99. The Morgan fingerprint density at radius 2 is 2.08 bits per heavy atom. The fourth-order valence-corrected chi connectivity index (χ4v) is 2.50. The third-order valence-electron chi connectivity index (χ3n) is 3.71. The molecule has 0 aliphatic heterocycles. The first-order valence-corrected chi connectivity index (χ1v) is 7.31. The molecule has 0 spiro atoms. The molecule has 0 bridgehead atoms. The van der Waals surface area contributed by atoms with E-state index in [0.717, 1.165) is 6.07 Å². The molecule has 4 N–H and O–H groups in total. The zero-order valence-corrected chi connectivity index (χ0v) is 13.5. The predicted molar refractivity (Wildman–Crippen MR) is 92.9 cm³/mol. The molecule has 3 aromatic rings. The number of carbonyl (C=O) groups is 1. The molecule has 25 heavy (non-hydrogen) atoms. The van der Waals surface area contributed by atoms with E-state index in [2.05, 4.69) is 20.6 Å². The number of benzene rings is 1. The molecule has 0 unspecified atom stereocenters. The molecule has 9 heteroatoms. The highest BCUT2D eigenvalue weighted by molar-refractivity contribution is 5.89. The second-order valence-corrected chi connectivity index (χ2v) is 5.33. The topological polar surface area (TPSA) is 115 Å². The van der Waals surface area contributed by atoms with Crippen molar-refractivity contribution in [2.75, 3.05) is 17.7 Å². The summed E-state index contributed by atoms with van der Waals surface area (Å²) in [5, 5.41) is 5.65. The van der Waals surface area contributed by atoms with Crippen LogP contribution in [0.15, 0.2) is 35.3 Å². The van der Waals surface area contributed by atoms with Crippen molar-refractivity contribution in [3.05, 3.63) is 46.6 Å². The van der Waals surface area contributed by atoms with Crippen molar-refractivity contribution in [3.63, 3.8) is 0 Å². The predicted octanol–water partition coefficient (Wildman–Crippen LogP) is 1.67. The van der Waals surface area contributed by atoms with Gasteiger partial charge in [-0.1, -0.05) is 6.07 Å². The first-order chi connectivity index (χ1) is 11.9. The van der Waals surface area contributed by atoms with Gasteiger partial charge < -0.3 is 16.4 Å². The summed E-state index contributed by atoms with van der Waals surface area (Å²) in [6.45, 7) is 0. The molecule has 0 atom stereocenters. The number of aromatic nitrogens is 3. The summed E-state index contributed by atoms with van der Waals surface area (Å²) in [6, 6.07) is 4.69. The minimum atomic E-state index is -0.893. The van der Waals surface area contributed by atoms with Gasteiger partial charge in [-0.25, -0.2) is 14.2 Å². The van der Waals surface area contributed by atoms with Crippen LogP contribution >= 0.6 is 0 Å². The monoisotopic (exact) mass is 342 g/mol. The van der Waals surface area contributed by atoms with Crippen LogP contribution in [0.3, 0.4) is 0 Å². The van der Waals surface area contributed by atoms with E-state index in [9.17, 15) is 14.0 Å². The Bertz CT molecular complexity index is 1050. The maximum absolute atomic E-state index is 13.8. The van der Waals surface area contributed by atoms with Gasteiger partial charge in [0.25, 0.3) is 5.56 Å². The smallest absolute Gasteiger partial charge is 0.316 e. The van der Waals surface area contributed by atoms with Crippen molar-refractivity contribution in [1.29, 1.82) is 0 Å². The highest BCUT2D eigenvalue weighted by Crippen LogP contribution is 2.25. The van der Waals surface area contributed by atoms with Gasteiger partial charge in [-0.05, 0) is 23.8 Å². The van der Waals surface area contributed by atoms with Gasteiger partial charge in [0.2, 0.25) is 5.95 Å². The third-order valence-corrected chi connectivity index (χ3v) is 3.71. The zero-order valence-electron chi connectivity index (χ0n) is 13.5. The zero-order chi connectivity index (χ0) is 18.1. The number of rotatable bonds is 3. The van der Waals surface area contributed by atoms with E-state index in [1.165, 1.54) is 16.7 Å². The number of amides is 2. The molecule has 0 radical (unpaired) electrons. The first-order valence-electron chi connectivity index (χ1n) is 7.31. The molecule has 0 aliphatic carbocycles. The van der Waals surface area contributed by atoms with Crippen LogP contribution in [0.5, 0.6) is 0 Å². The minimum Gasteiger partial charge on any atom is -0.357 e. The molecule has 8 nitrogen and oxygen atoms in total. The molecule has 2 aromatic heterocycles. The molecule has 0 aliphatic rings. The van der Waals surface area contributed by atoms with Gasteiger partial charge in [0.05, 0.1) is 5.69 Å². The lowest BCUT2D eigenvalue weighted by Crippen LogP contribution is -2.21. The quantitative estimate of drug-likeness (QED) is 0.670. The lowest BCUT2D eigenvalue weighted by atomic mass is 10.1. The number of fused-ring (bicyclic) bond motifs is 1. The minimum absolute atomic E-state index is 0.103. The number of nitrogens with one attached hydrogen (secondary N) is 2. The lowest BCUT2D eigenvalue weighted by Gasteiger charge is -2.11. The van der Waals surface area contributed by atoms with Crippen LogP contribution in [0.1, 0.15) is 0 Å². The Morgan fingerprint density at radius 3 is 2.76 bits per heavy atom. The van der Waals surface area contributed by atoms with Gasteiger partial charge in [0.1, 0.15) is 11.5 Å². The highest BCUT2D eigenvalue weighted by atomic mass is 19.1. The van der Waals surface area contributed by atoms with E-state index in [0.29, 0.717) is 28.1 Å². The summed E-state index contributed by atoms with van der Waals surface area (Å²) in [7, 11) is 3.27. The van der Waals surface area contributed by atoms with Gasteiger partial charge in [-0.3, -0.25) is 9.36 Å². The Morgan fingerprint density at radius 1 is 1.32 bits per heavy atom. The first kappa shape index (κ1) is 16.4. The molecule has 1 aromatic carbocycles. The van der Waals surface area contributed by atoms with E-state index in [-0.39, 0.29) is 11.2 Å². The summed E-state index contributed by atoms with van der Waals surface area (Å²) in [5.41, 5.74) is 5.84. The van der Waals surface area contributed by atoms with Gasteiger partial charge in [0, 0.05) is 31.2 Å². The van der Waals surface area contributed by atoms with Crippen molar-refractivity contribution in [2.24, 2.45) is 12.8 Å². The summed E-state index contributed by atoms with van der Waals surface area (Å²) < 4.78 is 15.2. The number of urea groups is 1. The van der Waals surface area contributed by atoms with Crippen molar-refractivity contribution < 1.29 is 9.18 Å². The van der Waals surface area contributed by atoms with Crippen LogP contribution in [0.4, 0.5) is 20.8 Å². The van der Waals surface area contributed by atoms with Crippen LogP contribution in [0.2, 0.25) is 0 Å². The molecule has 3 rings (SSSR count). The van der Waals surface area contributed by atoms with E-state index >= 15 is 0 Å². The SMILES string of the molecule is CNc1ncc2cc(-c3ccc(F)c(NC(N)=O)c3)c(=O)n(C)c2n1. The van der Waals surface area contributed by atoms with Gasteiger partial charge in [0.15, 0.2) is 0 Å². The van der Waals surface area contributed by atoms with Gasteiger partial charge in [-0.2, -0.15) is 4.98 Å². The number of aryl methyl sites for hydroxylation is 1. The van der Waals surface area contributed by atoms with Crippen molar-refractivity contribution in [2.45, 2.75) is 0 Å². The average Bonchev–Trinajstić information content (AvgIpc) is 2.59. The number of halogens is 1. The molecule has 128 valence electrons. The largest absolute Gasteiger partial charge is 0.357 e. The lowest BCUT2D eigenvalue weighted by molar-refractivity contribution is 0.259. The fraction of sp³-hybridized carbons (Fsp3) is 0.125. The Labute approximate surface area is 141 Å².